The van der Waals surface area contributed by atoms with Gasteiger partial charge in [-0.15, -0.1) is 11.3 Å². The first kappa shape index (κ1) is 14.8. The molecule has 1 N–H and O–H groups in total. The Hall–Kier alpha value is -1.08. The first-order chi connectivity index (χ1) is 9.97. The molecule has 1 atom stereocenters. The number of nitrogens with zero attached hydrogens (tertiary/aromatic N) is 2. The highest BCUT2D eigenvalue weighted by Crippen LogP contribution is 2.42. The van der Waals surface area contributed by atoms with Gasteiger partial charge in [-0.1, -0.05) is 32.1 Å². The van der Waals surface area contributed by atoms with Gasteiger partial charge in [0.05, 0.1) is 18.0 Å². The number of aliphatic hydroxyl groups excluding tert-OH is 1. The predicted molar refractivity (Wildman–Crippen MR) is 74.2 cm³/mol. The first-order valence-corrected chi connectivity index (χ1v) is 7.98. The van der Waals surface area contributed by atoms with E-state index < -0.39 is 17.2 Å². The quantitative estimate of drug-likeness (QED) is 0.909. The summed E-state index contributed by atoms with van der Waals surface area (Å²) in [5.41, 5.74) is -0.0504. The minimum Gasteiger partial charge on any atom is -0.387 e. The molecule has 1 aliphatic carbocycles. The molecular formula is C14H17F3N2OS. The van der Waals surface area contributed by atoms with E-state index in [9.17, 15) is 18.3 Å². The monoisotopic (exact) mass is 318 g/mol. The largest absolute Gasteiger partial charge is 0.427 e. The fourth-order valence-corrected chi connectivity index (χ4v) is 4.19. The Morgan fingerprint density at radius 2 is 2.05 bits per heavy atom. The maximum atomic E-state index is 13.2. The van der Waals surface area contributed by atoms with E-state index in [1.54, 1.807) is 0 Å². The number of halogens is 3. The van der Waals surface area contributed by atoms with Crippen LogP contribution in [0.4, 0.5) is 13.2 Å². The van der Waals surface area contributed by atoms with Gasteiger partial charge >= 0.3 is 6.18 Å². The summed E-state index contributed by atoms with van der Waals surface area (Å²) in [4.78, 5) is 3.58. The number of hydrogen-bond donors (Lipinski definition) is 1. The number of fused-ring (bicyclic) bond motifs is 1. The Kier molecular flexibility index (Phi) is 3.96. The lowest BCUT2D eigenvalue weighted by atomic mass is 9.85. The second-order valence-corrected chi connectivity index (χ2v) is 6.70. The molecule has 3 nitrogen and oxygen atoms in total. The molecule has 2 aromatic rings. The summed E-state index contributed by atoms with van der Waals surface area (Å²) in [6.45, 7) is 0. The van der Waals surface area contributed by atoms with Crippen molar-refractivity contribution in [3.63, 3.8) is 0 Å². The lowest BCUT2D eigenvalue weighted by Gasteiger charge is -2.24. The molecule has 0 radical (unpaired) electrons. The zero-order valence-electron chi connectivity index (χ0n) is 11.4. The van der Waals surface area contributed by atoms with Crippen LogP contribution in [0.2, 0.25) is 0 Å². The molecule has 1 aliphatic rings. The van der Waals surface area contributed by atoms with E-state index in [2.05, 4.69) is 4.98 Å². The van der Waals surface area contributed by atoms with Crippen molar-refractivity contribution >= 4 is 16.2 Å². The van der Waals surface area contributed by atoms with Crippen LogP contribution in [0.25, 0.3) is 4.83 Å². The van der Waals surface area contributed by atoms with Crippen molar-refractivity contribution in [1.29, 1.82) is 0 Å². The van der Waals surface area contributed by atoms with Gasteiger partial charge in [0.25, 0.3) is 0 Å². The molecule has 0 saturated heterocycles. The van der Waals surface area contributed by atoms with Crippen molar-refractivity contribution in [2.24, 2.45) is 5.92 Å². The van der Waals surface area contributed by atoms with E-state index in [4.69, 9.17) is 0 Å². The van der Waals surface area contributed by atoms with Crippen molar-refractivity contribution in [2.75, 3.05) is 0 Å². The Morgan fingerprint density at radius 3 is 2.71 bits per heavy atom. The van der Waals surface area contributed by atoms with Crippen LogP contribution >= 0.6 is 11.3 Å². The van der Waals surface area contributed by atoms with Crippen LogP contribution < -0.4 is 0 Å². The van der Waals surface area contributed by atoms with E-state index in [-0.39, 0.29) is 5.69 Å². The van der Waals surface area contributed by atoms with Crippen molar-refractivity contribution in [1.82, 2.24) is 9.38 Å². The van der Waals surface area contributed by atoms with Crippen LogP contribution in [0.1, 0.15) is 55.2 Å². The number of thiazole rings is 1. The highest BCUT2D eigenvalue weighted by atomic mass is 32.1. The molecule has 0 aromatic carbocycles. The predicted octanol–water partition coefficient (Wildman–Crippen LogP) is 4.42. The number of hydrogen-bond acceptors (Lipinski definition) is 3. The van der Waals surface area contributed by atoms with E-state index in [1.807, 2.05) is 0 Å². The lowest BCUT2D eigenvalue weighted by Crippen LogP contribution is -2.16. The third-order valence-electron chi connectivity index (χ3n) is 4.16. The summed E-state index contributed by atoms with van der Waals surface area (Å²) in [7, 11) is 0. The highest BCUT2D eigenvalue weighted by molar-refractivity contribution is 7.17. The molecule has 0 bridgehead atoms. The summed E-state index contributed by atoms with van der Waals surface area (Å²) >= 11 is 0.643. The van der Waals surface area contributed by atoms with Gasteiger partial charge in [-0.05, 0) is 12.3 Å². The second kappa shape index (κ2) is 5.61. The average Bonchev–Trinajstić information content (AvgIpc) is 2.98. The Morgan fingerprint density at radius 1 is 1.33 bits per heavy atom. The highest BCUT2D eigenvalue weighted by Gasteiger charge is 2.39. The number of aliphatic hydroxyl groups is 1. The van der Waals surface area contributed by atoms with Crippen LogP contribution in [0.15, 0.2) is 12.5 Å². The van der Waals surface area contributed by atoms with Gasteiger partial charge in [0.2, 0.25) is 0 Å². The number of alkyl halides is 3. The minimum atomic E-state index is -4.44. The smallest absolute Gasteiger partial charge is 0.387 e. The molecule has 7 heteroatoms. The van der Waals surface area contributed by atoms with Crippen molar-refractivity contribution < 1.29 is 18.3 Å². The molecule has 0 spiro atoms. The molecule has 0 amide bonds. The van der Waals surface area contributed by atoms with Crippen LogP contribution in [0.3, 0.4) is 0 Å². The average molecular weight is 318 g/mol. The molecule has 116 valence electrons. The van der Waals surface area contributed by atoms with E-state index in [0.29, 0.717) is 28.5 Å². The summed E-state index contributed by atoms with van der Waals surface area (Å²) in [6.07, 6.45) is 3.00. The Balaban J connectivity index is 1.91. The molecule has 21 heavy (non-hydrogen) atoms. The molecule has 2 heterocycles. The molecule has 3 rings (SSSR count). The van der Waals surface area contributed by atoms with Gasteiger partial charge in [0.15, 0.2) is 0 Å². The van der Waals surface area contributed by atoms with E-state index in [0.717, 1.165) is 25.7 Å². The first-order valence-electron chi connectivity index (χ1n) is 7.17. The Bertz CT molecular complexity index is 613. The topological polar surface area (TPSA) is 37.5 Å². The molecule has 1 saturated carbocycles. The standard InChI is InChI=1S/C14H17F3N2OS/c15-14(16,17)13-12(19-8-18-7-11(19)21-13)10(20)6-9-4-2-1-3-5-9/h7-10,20H,1-6H2. The van der Waals surface area contributed by atoms with Gasteiger partial charge < -0.3 is 5.11 Å². The fraction of sp³-hybridized carbons (Fsp3) is 0.643. The summed E-state index contributed by atoms with van der Waals surface area (Å²) in [5, 5.41) is 10.4. The third kappa shape index (κ3) is 2.94. The number of aromatic nitrogens is 2. The summed E-state index contributed by atoms with van der Waals surface area (Å²) in [6, 6.07) is 0. The van der Waals surface area contributed by atoms with Crippen molar-refractivity contribution in [3.8, 4) is 0 Å². The van der Waals surface area contributed by atoms with Crippen molar-refractivity contribution in [2.45, 2.75) is 50.8 Å². The van der Waals surface area contributed by atoms with Gasteiger partial charge in [0.1, 0.15) is 16.0 Å². The van der Waals surface area contributed by atoms with E-state index in [1.165, 1.54) is 23.3 Å². The van der Waals surface area contributed by atoms with Crippen LogP contribution in [0, 0.1) is 5.92 Å². The van der Waals surface area contributed by atoms with E-state index >= 15 is 0 Å². The zero-order valence-corrected chi connectivity index (χ0v) is 12.3. The minimum absolute atomic E-state index is 0.0504. The van der Waals surface area contributed by atoms with Gasteiger partial charge in [0, 0.05) is 0 Å². The molecule has 2 aromatic heterocycles. The number of imidazole rings is 1. The molecular weight excluding hydrogens is 301 g/mol. The van der Waals surface area contributed by atoms with Crippen molar-refractivity contribution in [3.05, 3.63) is 23.1 Å². The SMILES string of the molecule is OC(CC1CCCCC1)c1c(C(F)(F)F)sc2cncn12. The molecule has 0 aliphatic heterocycles. The number of rotatable bonds is 3. The molecule has 1 unspecified atom stereocenters. The summed E-state index contributed by atoms with van der Waals surface area (Å²) in [5.74, 6) is 0.313. The van der Waals surface area contributed by atoms with Gasteiger partial charge in [-0.2, -0.15) is 13.2 Å². The van der Waals surface area contributed by atoms with Gasteiger partial charge in [-0.25, -0.2) is 4.98 Å². The zero-order chi connectivity index (χ0) is 15.0. The summed E-state index contributed by atoms with van der Waals surface area (Å²) < 4.78 is 40.9. The van der Waals surface area contributed by atoms with Crippen LogP contribution in [-0.4, -0.2) is 14.5 Å². The maximum Gasteiger partial charge on any atom is 0.427 e. The normalized spacial score (nSPS) is 19.2. The lowest BCUT2D eigenvalue weighted by molar-refractivity contribution is -0.136. The van der Waals surface area contributed by atoms with Gasteiger partial charge in [-0.3, -0.25) is 4.40 Å². The maximum absolute atomic E-state index is 13.2. The fourth-order valence-electron chi connectivity index (χ4n) is 3.17. The Labute approximate surface area is 124 Å². The molecule has 1 fully saturated rings. The third-order valence-corrected chi connectivity index (χ3v) is 5.31. The van der Waals surface area contributed by atoms with Crippen LogP contribution in [0.5, 0.6) is 0 Å². The van der Waals surface area contributed by atoms with Crippen LogP contribution in [-0.2, 0) is 6.18 Å². The second-order valence-electron chi connectivity index (χ2n) is 5.67.